The molecule has 0 radical (unpaired) electrons. The number of aryl methyl sites for hydroxylation is 1. The molecular formula is C19H19N5O3S3. The third-order valence-electron chi connectivity index (χ3n) is 4.54. The van der Waals surface area contributed by atoms with Crippen LogP contribution in [0.15, 0.2) is 41.3 Å². The summed E-state index contributed by atoms with van der Waals surface area (Å²) in [6.45, 7) is 5.54. The van der Waals surface area contributed by atoms with Crippen molar-refractivity contribution in [2.24, 2.45) is 5.92 Å². The molecule has 0 bridgehead atoms. The van der Waals surface area contributed by atoms with Crippen LogP contribution < -0.4 is 10.0 Å². The Balaban J connectivity index is 1.59. The van der Waals surface area contributed by atoms with Crippen molar-refractivity contribution in [1.82, 2.24) is 18.5 Å². The standard InChI is InChI=1S/C19H19N5O3S3/c1-10(2)16(18(25)21-19-20-12-8-7-11(3)9-14(12)28-19)24-30(26,27)15-6-4-5-13-17(15)23-29-22-13/h4-10,16,24H,1-3H3,(H,20,21,25)/t16-/m0/s1. The highest BCUT2D eigenvalue weighted by atomic mass is 32.2. The third kappa shape index (κ3) is 4.06. The van der Waals surface area contributed by atoms with Crippen LogP contribution in [-0.2, 0) is 14.8 Å². The Morgan fingerprint density at radius 1 is 1.10 bits per heavy atom. The largest absolute Gasteiger partial charge is 0.301 e. The summed E-state index contributed by atoms with van der Waals surface area (Å²) in [6, 6.07) is 9.61. The van der Waals surface area contributed by atoms with Gasteiger partial charge in [-0.15, -0.1) is 0 Å². The van der Waals surface area contributed by atoms with Crippen molar-refractivity contribution >= 4 is 65.4 Å². The summed E-state index contributed by atoms with van der Waals surface area (Å²) in [5, 5.41) is 3.18. The van der Waals surface area contributed by atoms with Crippen molar-refractivity contribution in [3.05, 3.63) is 42.0 Å². The summed E-state index contributed by atoms with van der Waals surface area (Å²) < 4.78 is 37.7. The van der Waals surface area contributed by atoms with Crippen LogP contribution in [0.2, 0.25) is 0 Å². The zero-order valence-electron chi connectivity index (χ0n) is 16.4. The lowest BCUT2D eigenvalue weighted by Crippen LogP contribution is -2.47. The van der Waals surface area contributed by atoms with Gasteiger partial charge in [-0.3, -0.25) is 4.79 Å². The number of aromatic nitrogens is 3. The molecule has 0 aliphatic heterocycles. The Morgan fingerprint density at radius 2 is 1.90 bits per heavy atom. The van der Waals surface area contributed by atoms with Crippen molar-refractivity contribution in [3.63, 3.8) is 0 Å². The van der Waals surface area contributed by atoms with E-state index in [1.807, 2.05) is 25.1 Å². The first kappa shape index (κ1) is 20.8. The van der Waals surface area contributed by atoms with E-state index in [2.05, 4.69) is 23.8 Å². The molecule has 1 atom stereocenters. The number of nitrogens with one attached hydrogen (secondary N) is 2. The summed E-state index contributed by atoms with van der Waals surface area (Å²) in [4.78, 5) is 17.3. The van der Waals surface area contributed by atoms with Gasteiger partial charge in [0.25, 0.3) is 0 Å². The fourth-order valence-corrected chi connectivity index (χ4v) is 6.07. The number of carbonyl (C=O) groups excluding carboxylic acids is 1. The monoisotopic (exact) mass is 461 g/mol. The highest BCUT2D eigenvalue weighted by molar-refractivity contribution is 7.89. The predicted molar refractivity (Wildman–Crippen MR) is 119 cm³/mol. The minimum Gasteiger partial charge on any atom is -0.301 e. The lowest BCUT2D eigenvalue weighted by atomic mass is 10.1. The van der Waals surface area contributed by atoms with Crippen LogP contribution >= 0.6 is 23.1 Å². The zero-order chi connectivity index (χ0) is 21.5. The topological polar surface area (TPSA) is 114 Å². The number of rotatable bonds is 6. The molecule has 2 aromatic heterocycles. The van der Waals surface area contributed by atoms with Crippen LogP contribution in [-0.4, -0.2) is 34.1 Å². The number of nitrogens with zero attached hydrogens (tertiary/aromatic N) is 3. The van der Waals surface area contributed by atoms with E-state index < -0.39 is 22.0 Å². The lowest BCUT2D eigenvalue weighted by molar-refractivity contribution is -0.118. The molecule has 1 amide bonds. The van der Waals surface area contributed by atoms with E-state index in [4.69, 9.17) is 0 Å². The summed E-state index contributed by atoms with van der Waals surface area (Å²) in [5.41, 5.74) is 2.67. The van der Waals surface area contributed by atoms with Crippen molar-refractivity contribution in [2.45, 2.75) is 31.7 Å². The van der Waals surface area contributed by atoms with Crippen molar-refractivity contribution < 1.29 is 13.2 Å². The molecule has 11 heteroatoms. The van der Waals surface area contributed by atoms with Crippen LogP contribution in [0.3, 0.4) is 0 Å². The Morgan fingerprint density at radius 3 is 2.67 bits per heavy atom. The Hall–Kier alpha value is -2.47. The Labute approximate surface area is 181 Å². The molecule has 156 valence electrons. The molecular weight excluding hydrogens is 442 g/mol. The average molecular weight is 462 g/mol. The van der Waals surface area contributed by atoms with Gasteiger partial charge >= 0.3 is 0 Å². The number of hydrogen-bond acceptors (Lipinski definition) is 8. The fraction of sp³-hybridized carbons (Fsp3) is 0.263. The first-order valence-corrected chi connectivity index (χ1v) is 12.2. The van der Waals surface area contributed by atoms with Gasteiger partial charge in [0.2, 0.25) is 15.9 Å². The quantitative estimate of drug-likeness (QED) is 0.454. The van der Waals surface area contributed by atoms with Gasteiger partial charge in [0.1, 0.15) is 22.0 Å². The molecule has 0 saturated heterocycles. The first-order chi connectivity index (χ1) is 14.2. The molecule has 2 N–H and O–H groups in total. The molecule has 4 aromatic rings. The molecule has 0 aliphatic rings. The van der Waals surface area contributed by atoms with E-state index in [-0.39, 0.29) is 10.8 Å². The number of sulfonamides is 1. The lowest BCUT2D eigenvalue weighted by Gasteiger charge is -2.21. The van der Waals surface area contributed by atoms with Crippen LogP contribution in [0.5, 0.6) is 0 Å². The number of fused-ring (bicyclic) bond motifs is 2. The minimum absolute atomic E-state index is 0.00247. The van der Waals surface area contributed by atoms with Crippen LogP contribution in [0.25, 0.3) is 21.3 Å². The second kappa shape index (κ2) is 7.99. The van der Waals surface area contributed by atoms with Crippen LogP contribution in [0.4, 0.5) is 5.13 Å². The number of benzene rings is 2. The highest BCUT2D eigenvalue weighted by Gasteiger charge is 2.30. The number of anilines is 1. The number of carbonyl (C=O) groups is 1. The van der Waals surface area contributed by atoms with Crippen molar-refractivity contribution in [1.29, 1.82) is 0 Å². The number of thiazole rings is 1. The van der Waals surface area contributed by atoms with Gasteiger partial charge in [-0.25, -0.2) is 13.4 Å². The van der Waals surface area contributed by atoms with Crippen LogP contribution in [0.1, 0.15) is 19.4 Å². The normalized spacial score (nSPS) is 13.2. The zero-order valence-corrected chi connectivity index (χ0v) is 18.9. The summed E-state index contributed by atoms with van der Waals surface area (Å²) in [5.74, 6) is -0.753. The number of amides is 1. The second-order valence-corrected chi connectivity index (χ2v) is 10.5. The minimum atomic E-state index is -3.99. The summed E-state index contributed by atoms with van der Waals surface area (Å²) in [6.07, 6.45) is 0. The first-order valence-electron chi connectivity index (χ1n) is 9.16. The van der Waals surface area contributed by atoms with Gasteiger partial charge in [0.15, 0.2) is 5.13 Å². The van der Waals surface area contributed by atoms with E-state index in [0.717, 1.165) is 27.5 Å². The summed E-state index contributed by atoms with van der Waals surface area (Å²) >= 11 is 2.29. The Bertz CT molecular complexity index is 1340. The van der Waals surface area contributed by atoms with Gasteiger partial charge in [0, 0.05) is 0 Å². The molecule has 4 rings (SSSR count). The third-order valence-corrected chi connectivity index (χ3v) is 7.49. The highest BCUT2D eigenvalue weighted by Crippen LogP contribution is 2.27. The van der Waals surface area contributed by atoms with Crippen molar-refractivity contribution in [2.75, 3.05) is 5.32 Å². The predicted octanol–water partition coefficient (Wildman–Crippen LogP) is 3.55. The molecule has 8 nitrogen and oxygen atoms in total. The summed E-state index contributed by atoms with van der Waals surface area (Å²) in [7, 11) is -3.99. The van der Waals surface area contributed by atoms with E-state index in [9.17, 15) is 13.2 Å². The molecule has 0 unspecified atom stereocenters. The van der Waals surface area contributed by atoms with E-state index in [0.29, 0.717) is 16.2 Å². The molecule has 30 heavy (non-hydrogen) atoms. The smallest absolute Gasteiger partial charge is 0.244 e. The molecule has 2 heterocycles. The molecule has 0 fully saturated rings. The maximum Gasteiger partial charge on any atom is 0.244 e. The Kier molecular flexibility index (Phi) is 5.53. The van der Waals surface area contributed by atoms with Gasteiger partial charge in [-0.2, -0.15) is 13.5 Å². The molecule has 0 aliphatic carbocycles. The average Bonchev–Trinajstić information content (AvgIpc) is 3.31. The van der Waals surface area contributed by atoms with Gasteiger partial charge < -0.3 is 5.32 Å². The fourth-order valence-electron chi connectivity index (χ4n) is 2.99. The SMILES string of the molecule is Cc1ccc2nc(NC(=O)[C@@H](NS(=O)(=O)c3cccc4nsnc34)C(C)C)sc2c1. The molecule has 0 saturated carbocycles. The second-order valence-electron chi connectivity index (χ2n) is 7.21. The van der Waals surface area contributed by atoms with E-state index in [1.165, 1.54) is 17.4 Å². The van der Waals surface area contributed by atoms with E-state index >= 15 is 0 Å². The maximum atomic E-state index is 13.0. The number of hydrogen-bond donors (Lipinski definition) is 2. The van der Waals surface area contributed by atoms with Gasteiger partial charge in [0.05, 0.1) is 21.9 Å². The molecule has 0 spiro atoms. The van der Waals surface area contributed by atoms with Crippen LogP contribution in [0, 0.1) is 12.8 Å². The van der Waals surface area contributed by atoms with Gasteiger partial charge in [-0.1, -0.05) is 37.3 Å². The van der Waals surface area contributed by atoms with Crippen molar-refractivity contribution in [3.8, 4) is 0 Å². The van der Waals surface area contributed by atoms with Gasteiger partial charge in [-0.05, 0) is 42.7 Å². The van der Waals surface area contributed by atoms with E-state index in [1.54, 1.807) is 26.0 Å². The molecule has 2 aromatic carbocycles. The maximum absolute atomic E-state index is 13.0.